The fraction of sp³-hybridized carbons (Fsp3) is 0.240. The summed E-state index contributed by atoms with van der Waals surface area (Å²) in [7, 11) is 0. The van der Waals surface area contributed by atoms with E-state index in [9.17, 15) is 0 Å². The molecule has 0 fully saturated rings. The molecular formula is C50H54O4. The van der Waals surface area contributed by atoms with E-state index in [0.29, 0.717) is 52.9 Å². The molecule has 0 aliphatic heterocycles. The van der Waals surface area contributed by atoms with E-state index in [2.05, 4.69) is 148 Å². The van der Waals surface area contributed by atoms with Crippen molar-refractivity contribution in [3.63, 3.8) is 0 Å². The van der Waals surface area contributed by atoms with Crippen molar-refractivity contribution in [2.75, 3.05) is 26.4 Å². The van der Waals surface area contributed by atoms with E-state index in [4.69, 9.17) is 18.9 Å². The fourth-order valence-corrected chi connectivity index (χ4v) is 6.18. The van der Waals surface area contributed by atoms with Crippen LogP contribution >= 0.6 is 0 Å². The van der Waals surface area contributed by atoms with Crippen molar-refractivity contribution in [1.29, 1.82) is 0 Å². The molecule has 5 rings (SSSR count). The third-order valence-electron chi connectivity index (χ3n) is 9.42. The molecule has 54 heavy (non-hydrogen) atoms. The van der Waals surface area contributed by atoms with Crippen molar-refractivity contribution in [2.24, 2.45) is 11.8 Å². The van der Waals surface area contributed by atoms with Gasteiger partial charge in [0.25, 0.3) is 0 Å². The molecule has 0 unspecified atom stereocenters. The second-order valence-electron chi connectivity index (χ2n) is 13.8. The topological polar surface area (TPSA) is 36.9 Å². The predicted molar refractivity (Wildman–Crippen MR) is 226 cm³/mol. The Kier molecular flexibility index (Phi) is 16.5. The first kappa shape index (κ1) is 40.1. The van der Waals surface area contributed by atoms with Crippen molar-refractivity contribution in [3.05, 3.63) is 203 Å². The van der Waals surface area contributed by atoms with E-state index in [-0.39, 0.29) is 11.8 Å². The Hall–Kier alpha value is -5.10. The first-order chi connectivity index (χ1) is 26.5. The Labute approximate surface area is 323 Å². The van der Waals surface area contributed by atoms with Gasteiger partial charge in [-0.3, -0.25) is 0 Å². The molecule has 0 atom stereocenters. The highest BCUT2D eigenvalue weighted by molar-refractivity contribution is 5.49. The van der Waals surface area contributed by atoms with Gasteiger partial charge in [0.2, 0.25) is 0 Å². The first-order valence-corrected chi connectivity index (χ1v) is 18.8. The SMILES string of the molecule is C=Cc1ccc(COCC(COCc2ccc(C=C)cc2)Cc2ccc(CC(COCc3ccc(C=C)cc3)COCc3ccc(C=C)cc3)cc2)cc1. The number of rotatable bonds is 24. The Bertz CT molecular complexity index is 1600. The van der Waals surface area contributed by atoms with Gasteiger partial charge in [0, 0.05) is 11.8 Å². The van der Waals surface area contributed by atoms with Crippen LogP contribution in [0.2, 0.25) is 0 Å². The summed E-state index contributed by atoms with van der Waals surface area (Å²) in [5.41, 5.74) is 11.5. The van der Waals surface area contributed by atoms with Crippen LogP contribution in [-0.2, 0) is 58.2 Å². The molecule has 0 aliphatic rings. The largest absolute Gasteiger partial charge is 0.376 e. The molecule has 0 aromatic heterocycles. The molecule has 0 amide bonds. The molecule has 4 heteroatoms. The molecule has 4 nitrogen and oxygen atoms in total. The Morgan fingerprint density at radius 3 is 0.722 bits per heavy atom. The zero-order chi connectivity index (χ0) is 37.8. The second kappa shape index (κ2) is 22.2. The number of benzene rings is 5. The minimum Gasteiger partial charge on any atom is -0.376 e. The highest BCUT2D eigenvalue weighted by Crippen LogP contribution is 2.19. The van der Waals surface area contributed by atoms with Gasteiger partial charge >= 0.3 is 0 Å². The molecule has 278 valence electrons. The van der Waals surface area contributed by atoms with Crippen LogP contribution in [0.4, 0.5) is 0 Å². The van der Waals surface area contributed by atoms with Gasteiger partial charge in [-0.15, -0.1) is 0 Å². The van der Waals surface area contributed by atoms with Crippen LogP contribution in [0.1, 0.15) is 55.6 Å². The molecule has 0 radical (unpaired) electrons. The normalized spacial score (nSPS) is 11.1. The quantitative estimate of drug-likeness (QED) is 0.0636. The van der Waals surface area contributed by atoms with Gasteiger partial charge in [0.05, 0.1) is 52.9 Å². The summed E-state index contributed by atoms with van der Waals surface area (Å²) in [6.07, 6.45) is 9.13. The Morgan fingerprint density at radius 2 is 0.519 bits per heavy atom. The van der Waals surface area contributed by atoms with Gasteiger partial charge in [-0.25, -0.2) is 0 Å². The van der Waals surface area contributed by atoms with E-state index in [1.807, 2.05) is 24.3 Å². The molecule has 0 aliphatic carbocycles. The van der Waals surface area contributed by atoms with Crippen molar-refractivity contribution >= 4 is 24.3 Å². The lowest BCUT2D eigenvalue weighted by Crippen LogP contribution is -2.20. The van der Waals surface area contributed by atoms with E-state index >= 15 is 0 Å². The number of ether oxygens (including phenoxy) is 4. The first-order valence-electron chi connectivity index (χ1n) is 18.8. The lowest BCUT2D eigenvalue weighted by atomic mass is 9.96. The van der Waals surface area contributed by atoms with Gasteiger partial charge in [-0.05, 0) is 68.5 Å². The van der Waals surface area contributed by atoms with Crippen LogP contribution in [0, 0.1) is 11.8 Å². The molecule has 0 heterocycles. The summed E-state index contributed by atoms with van der Waals surface area (Å²) >= 11 is 0. The van der Waals surface area contributed by atoms with Crippen LogP contribution in [0.5, 0.6) is 0 Å². The molecule has 0 spiro atoms. The minimum atomic E-state index is 0.200. The van der Waals surface area contributed by atoms with Crippen LogP contribution < -0.4 is 0 Å². The maximum absolute atomic E-state index is 6.25. The second-order valence-corrected chi connectivity index (χ2v) is 13.8. The average Bonchev–Trinajstić information content (AvgIpc) is 3.22. The molecule has 0 N–H and O–H groups in total. The monoisotopic (exact) mass is 718 g/mol. The van der Waals surface area contributed by atoms with E-state index in [1.165, 1.54) is 11.1 Å². The maximum Gasteiger partial charge on any atom is 0.0717 e. The van der Waals surface area contributed by atoms with Crippen LogP contribution in [0.3, 0.4) is 0 Å². The third-order valence-corrected chi connectivity index (χ3v) is 9.42. The average molecular weight is 719 g/mol. The van der Waals surface area contributed by atoms with E-state index in [0.717, 1.165) is 57.3 Å². The fourth-order valence-electron chi connectivity index (χ4n) is 6.18. The van der Waals surface area contributed by atoms with Crippen molar-refractivity contribution in [1.82, 2.24) is 0 Å². The summed E-state index contributed by atoms with van der Waals surface area (Å²) in [6.45, 7) is 20.0. The summed E-state index contributed by atoms with van der Waals surface area (Å²) in [5, 5.41) is 0. The van der Waals surface area contributed by atoms with Crippen LogP contribution in [0.25, 0.3) is 24.3 Å². The summed E-state index contributed by atoms with van der Waals surface area (Å²) in [5.74, 6) is 0.401. The van der Waals surface area contributed by atoms with E-state index < -0.39 is 0 Å². The number of hydrogen-bond donors (Lipinski definition) is 0. The lowest BCUT2D eigenvalue weighted by Gasteiger charge is -2.20. The molecule has 0 saturated carbocycles. The van der Waals surface area contributed by atoms with Crippen LogP contribution in [-0.4, -0.2) is 26.4 Å². The Morgan fingerprint density at radius 1 is 0.315 bits per heavy atom. The standard InChI is InChI=1S/C50H54O4/c1-5-39-9-21-45(22-10-39)31-51-35-49(36-52-32-46-23-11-40(6-2)12-24-46)29-43-17-19-44(20-18-43)30-50(37-53-33-47-25-13-41(7-3)14-26-47)38-54-34-48-27-15-42(8-4)16-28-48/h5-28,49-50H,1-4,29-38H2. The minimum absolute atomic E-state index is 0.200. The van der Waals surface area contributed by atoms with Gasteiger partial charge in [0.15, 0.2) is 0 Å². The molecule has 5 aromatic carbocycles. The third kappa shape index (κ3) is 13.7. The Balaban J connectivity index is 1.18. The van der Waals surface area contributed by atoms with Gasteiger partial charge in [0.1, 0.15) is 0 Å². The zero-order valence-corrected chi connectivity index (χ0v) is 31.5. The summed E-state index contributed by atoms with van der Waals surface area (Å²) < 4.78 is 25.0. The molecular weight excluding hydrogens is 665 g/mol. The van der Waals surface area contributed by atoms with Crippen molar-refractivity contribution in [2.45, 2.75) is 39.3 Å². The summed E-state index contributed by atoms with van der Waals surface area (Å²) in [6, 6.07) is 42.3. The smallest absolute Gasteiger partial charge is 0.0717 e. The van der Waals surface area contributed by atoms with Crippen molar-refractivity contribution in [3.8, 4) is 0 Å². The maximum atomic E-state index is 6.25. The van der Waals surface area contributed by atoms with Gasteiger partial charge in [-0.2, -0.15) is 0 Å². The van der Waals surface area contributed by atoms with Gasteiger partial charge in [-0.1, -0.05) is 172 Å². The lowest BCUT2D eigenvalue weighted by molar-refractivity contribution is 0.0268. The number of hydrogen-bond acceptors (Lipinski definition) is 4. The highest BCUT2D eigenvalue weighted by Gasteiger charge is 2.15. The van der Waals surface area contributed by atoms with E-state index in [1.54, 1.807) is 0 Å². The highest BCUT2D eigenvalue weighted by atomic mass is 16.5. The van der Waals surface area contributed by atoms with Gasteiger partial charge < -0.3 is 18.9 Å². The van der Waals surface area contributed by atoms with Crippen LogP contribution in [0.15, 0.2) is 148 Å². The van der Waals surface area contributed by atoms with Crippen molar-refractivity contribution < 1.29 is 18.9 Å². The summed E-state index contributed by atoms with van der Waals surface area (Å²) in [4.78, 5) is 0. The molecule has 0 bridgehead atoms. The zero-order valence-electron chi connectivity index (χ0n) is 31.5. The molecule has 0 saturated heterocycles. The molecule has 5 aromatic rings. The predicted octanol–water partition coefficient (Wildman–Crippen LogP) is 11.4.